The Kier molecular flexibility index (Phi) is 5.90. The summed E-state index contributed by atoms with van der Waals surface area (Å²) in [7, 11) is 0. The van der Waals surface area contributed by atoms with E-state index in [1.54, 1.807) is 0 Å². The van der Waals surface area contributed by atoms with Gasteiger partial charge in [-0.3, -0.25) is 0 Å². The number of fused-ring (bicyclic) bond motifs is 3. The molecule has 0 radical (unpaired) electrons. The number of halogens is 4. The van der Waals surface area contributed by atoms with E-state index in [4.69, 9.17) is 21.7 Å². The SMILES string of the molecule is Fc1ccc([C@H]2CCCCn3nc(CC4[C@@H]5CC[C@H]4CN(c4cc(Cl)ncn4)C5)nc32)c(F)c1F. The van der Waals surface area contributed by atoms with Gasteiger partial charge in [0.2, 0.25) is 0 Å². The van der Waals surface area contributed by atoms with Crippen LogP contribution in [0.1, 0.15) is 55.2 Å². The molecule has 1 aliphatic carbocycles. The van der Waals surface area contributed by atoms with Gasteiger partial charge in [-0.25, -0.2) is 32.8 Å². The summed E-state index contributed by atoms with van der Waals surface area (Å²) in [6.45, 7) is 2.51. The Bertz CT molecular complexity index is 1240. The molecule has 184 valence electrons. The van der Waals surface area contributed by atoms with Gasteiger partial charge in [-0.05, 0) is 49.5 Å². The summed E-state index contributed by atoms with van der Waals surface area (Å²) in [4.78, 5) is 15.5. The maximum atomic E-state index is 14.7. The molecule has 2 aliphatic heterocycles. The van der Waals surface area contributed by atoms with E-state index in [1.807, 2.05) is 10.7 Å². The number of hydrogen-bond donors (Lipinski definition) is 0. The first-order valence-electron chi connectivity index (χ1n) is 12.3. The van der Waals surface area contributed by atoms with Crippen molar-refractivity contribution in [1.82, 2.24) is 24.7 Å². The lowest BCUT2D eigenvalue weighted by Gasteiger charge is -2.38. The molecule has 10 heteroatoms. The zero-order chi connectivity index (χ0) is 24.1. The second-order valence-corrected chi connectivity index (χ2v) is 10.4. The van der Waals surface area contributed by atoms with Gasteiger partial charge in [-0.2, -0.15) is 5.10 Å². The summed E-state index contributed by atoms with van der Waals surface area (Å²) in [6, 6.07) is 4.15. The van der Waals surface area contributed by atoms with Crippen LogP contribution in [0.4, 0.5) is 19.0 Å². The highest BCUT2D eigenvalue weighted by atomic mass is 35.5. The number of nitrogens with zero attached hydrogens (tertiary/aromatic N) is 6. The van der Waals surface area contributed by atoms with Crippen LogP contribution in [0.5, 0.6) is 0 Å². The summed E-state index contributed by atoms with van der Waals surface area (Å²) in [6.07, 6.45) is 6.94. The van der Waals surface area contributed by atoms with E-state index in [-0.39, 0.29) is 5.56 Å². The Morgan fingerprint density at radius 1 is 0.971 bits per heavy atom. The summed E-state index contributed by atoms with van der Waals surface area (Å²) < 4.78 is 44.1. The second-order valence-electron chi connectivity index (χ2n) is 9.99. The molecule has 0 amide bonds. The predicted octanol–water partition coefficient (Wildman–Crippen LogP) is 5.16. The third kappa shape index (κ3) is 4.17. The third-order valence-corrected chi connectivity index (χ3v) is 8.21. The number of rotatable bonds is 4. The smallest absolute Gasteiger partial charge is 0.194 e. The molecule has 2 aromatic heterocycles. The summed E-state index contributed by atoms with van der Waals surface area (Å²) >= 11 is 6.07. The Labute approximate surface area is 206 Å². The number of aryl methyl sites for hydroxylation is 1. The molecule has 1 saturated heterocycles. The summed E-state index contributed by atoms with van der Waals surface area (Å²) in [5.74, 6) is -0.400. The fourth-order valence-electron chi connectivity index (χ4n) is 6.32. The molecule has 6 rings (SSSR count). The van der Waals surface area contributed by atoms with Crippen molar-refractivity contribution in [3.05, 3.63) is 64.3 Å². The molecule has 2 bridgehead atoms. The van der Waals surface area contributed by atoms with Gasteiger partial charge < -0.3 is 4.90 Å². The Hall–Kier alpha value is -2.68. The number of anilines is 1. The lowest BCUT2D eigenvalue weighted by molar-refractivity contribution is 0.264. The Morgan fingerprint density at radius 2 is 1.77 bits per heavy atom. The highest BCUT2D eigenvalue weighted by Crippen LogP contribution is 2.44. The minimum absolute atomic E-state index is 0.155. The van der Waals surface area contributed by atoms with Crippen molar-refractivity contribution in [1.29, 1.82) is 0 Å². The van der Waals surface area contributed by atoms with Crippen molar-refractivity contribution in [2.75, 3.05) is 18.0 Å². The average molecular weight is 503 g/mol. The molecule has 1 unspecified atom stereocenters. The fraction of sp³-hybridized carbons (Fsp3) is 0.520. The zero-order valence-electron chi connectivity index (χ0n) is 19.2. The van der Waals surface area contributed by atoms with Gasteiger partial charge in [0.25, 0.3) is 0 Å². The van der Waals surface area contributed by atoms with E-state index in [1.165, 1.54) is 12.4 Å². The van der Waals surface area contributed by atoms with Gasteiger partial charge in [-0.1, -0.05) is 24.1 Å². The van der Waals surface area contributed by atoms with Crippen LogP contribution in [-0.2, 0) is 13.0 Å². The highest BCUT2D eigenvalue weighted by Gasteiger charge is 2.43. The molecule has 3 aromatic rings. The van der Waals surface area contributed by atoms with E-state index in [9.17, 15) is 13.2 Å². The van der Waals surface area contributed by atoms with Gasteiger partial charge in [0.1, 0.15) is 23.1 Å². The van der Waals surface area contributed by atoms with E-state index in [0.29, 0.717) is 41.7 Å². The van der Waals surface area contributed by atoms with Crippen molar-refractivity contribution in [2.24, 2.45) is 17.8 Å². The van der Waals surface area contributed by atoms with Crippen molar-refractivity contribution in [3.8, 4) is 0 Å². The van der Waals surface area contributed by atoms with Gasteiger partial charge in [0.05, 0.1) is 0 Å². The maximum absolute atomic E-state index is 14.7. The van der Waals surface area contributed by atoms with Gasteiger partial charge in [-0.15, -0.1) is 0 Å². The molecule has 3 aliphatic rings. The largest absolute Gasteiger partial charge is 0.356 e. The minimum Gasteiger partial charge on any atom is -0.356 e. The minimum atomic E-state index is -1.42. The van der Waals surface area contributed by atoms with Gasteiger partial charge in [0.15, 0.2) is 23.3 Å². The van der Waals surface area contributed by atoms with Crippen LogP contribution in [0.3, 0.4) is 0 Å². The lowest BCUT2D eigenvalue weighted by Crippen LogP contribution is -2.43. The first-order valence-corrected chi connectivity index (χ1v) is 12.6. The third-order valence-electron chi connectivity index (χ3n) is 8.00. The van der Waals surface area contributed by atoms with Crippen LogP contribution >= 0.6 is 11.6 Å². The molecule has 6 nitrogen and oxygen atoms in total. The Balaban J connectivity index is 1.24. The van der Waals surface area contributed by atoms with Crippen molar-refractivity contribution < 1.29 is 13.2 Å². The van der Waals surface area contributed by atoms with Crippen LogP contribution in [0.15, 0.2) is 24.5 Å². The molecule has 1 saturated carbocycles. The molecule has 2 fully saturated rings. The first kappa shape index (κ1) is 22.8. The quantitative estimate of drug-likeness (QED) is 0.364. The predicted molar refractivity (Wildman–Crippen MR) is 125 cm³/mol. The molecular weight excluding hydrogens is 477 g/mol. The van der Waals surface area contributed by atoms with Crippen LogP contribution < -0.4 is 4.90 Å². The van der Waals surface area contributed by atoms with Crippen molar-refractivity contribution in [3.63, 3.8) is 0 Å². The lowest BCUT2D eigenvalue weighted by atomic mass is 9.82. The highest BCUT2D eigenvalue weighted by molar-refractivity contribution is 6.29. The second kappa shape index (κ2) is 9.08. The monoisotopic (exact) mass is 502 g/mol. The number of aromatic nitrogens is 5. The molecule has 0 N–H and O–H groups in total. The van der Waals surface area contributed by atoms with Crippen LogP contribution in [-0.4, -0.2) is 37.8 Å². The normalized spacial score (nSPS) is 26.0. The number of piperidine rings is 1. The first-order chi connectivity index (χ1) is 17.0. The summed E-state index contributed by atoms with van der Waals surface area (Å²) in [5, 5.41) is 5.24. The van der Waals surface area contributed by atoms with Crippen molar-refractivity contribution >= 4 is 17.4 Å². The Morgan fingerprint density at radius 3 is 2.54 bits per heavy atom. The average Bonchev–Trinajstić information content (AvgIpc) is 3.25. The molecule has 4 atom stereocenters. The topological polar surface area (TPSA) is 59.7 Å². The van der Waals surface area contributed by atoms with E-state index >= 15 is 0 Å². The summed E-state index contributed by atoms with van der Waals surface area (Å²) in [5.41, 5.74) is 0.155. The molecule has 1 aromatic carbocycles. The van der Waals surface area contributed by atoms with Crippen molar-refractivity contribution in [2.45, 2.75) is 51.0 Å². The maximum Gasteiger partial charge on any atom is 0.194 e. The van der Waals surface area contributed by atoms with Gasteiger partial charge >= 0.3 is 0 Å². The van der Waals surface area contributed by atoms with E-state index in [2.05, 4.69) is 14.9 Å². The van der Waals surface area contributed by atoms with Crippen LogP contribution in [0, 0.1) is 35.2 Å². The molecule has 0 spiro atoms. The standard InChI is InChI=1S/C25H26ClF3N6/c26-20-10-22(31-13-30-20)34-11-14-4-5-15(12-34)18(14)9-21-32-25-17(3-1-2-8-35(25)33-21)16-6-7-19(27)24(29)23(16)28/h6-7,10,13-15,17-18H,1-5,8-9,11-12H2/t14-,15+,17-,18?/m1/s1. The van der Waals surface area contributed by atoms with Crippen LogP contribution in [0.2, 0.25) is 5.15 Å². The van der Waals surface area contributed by atoms with Gasteiger partial charge in [0, 0.05) is 43.6 Å². The van der Waals surface area contributed by atoms with E-state index in [0.717, 1.165) is 62.9 Å². The number of benzene rings is 1. The number of hydrogen-bond acceptors (Lipinski definition) is 5. The molecule has 35 heavy (non-hydrogen) atoms. The fourth-order valence-corrected chi connectivity index (χ4v) is 6.46. The van der Waals surface area contributed by atoms with E-state index < -0.39 is 23.4 Å². The molecular formula is C25H26ClF3N6. The molecule has 4 heterocycles. The van der Waals surface area contributed by atoms with Crippen LogP contribution in [0.25, 0.3) is 0 Å². The zero-order valence-corrected chi connectivity index (χ0v) is 19.9.